The van der Waals surface area contributed by atoms with E-state index in [0.29, 0.717) is 6.54 Å². The smallest absolute Gasteiger partial charge is 0.240 e. The molecule has 140 valence electrons. The Morgan fingerprint density at radius 2 is 1.88 bits per heavy atom. The molecule has 0 spiro atoms. The van der Waals surface area contributed by atoms with Crippen LogP contribution >= 0.6 is 11.3 Å². The van der Waals surface area contributed by atoms with Gasteiger partial charge >= 0.3 is 0 Å². The Labute approximate surface area is 158 Å². The molecule has 0 radical (unpaired) electrons. The van der Waals surface area contributed by atoms with Gasteiger partial charge in [-0.3, -0.25) is 4.79 Å². The number of hydrogen-bond donors (Lipinski definition) is 2. The highest BCUT2D eigenvalue weighted by molar-refractivity contribution is 7.89. The predicted octanol–water partition coefficient (Wildman–Crippen LogP) is 2.65. The monoisotopic (exact) mass is 392 g/mol. The molecule has 1 amide bonds. The molecule has 1 heterocycles. The summed E-state index contributed by atoms with van der Waals surface area (Å²) in [7, 11) is -3.57. The number of carbonyl (C=O) groups excluding carboxylic acids is 1. The van der Waals surface area contributed by atoms with Gasteiger partial charge in [0, 0.05) is 24.4 Å². The fourth-order valence-electron chi connectivity index (χ4n) is 3.13. The molecular formula is C19H24N2O3S2. The first-order valence-electron chi connectivity index (χ1n) is 8.95. The minimum absolute atomic E-state index is 0.101. The molecule has 1 aromatic heterocycles. The van der Waals surface area contributed by atoms with Crippen LogP contribution < -0.4 is 10.0 Å². The number of fused-ring (bicyclic) bond motifs is 1. The highest BCUT2D eigenvalue weighted by atomic mass is 32.2. The average molecular weight is 393 g/mol. The number of benzene rings is 1. The second-order valence-electron chi connectivity index (χ2n) is 6.46. The van der Waals surface area contributed by atoms with Crippen molar-refractivity contribution in [2.75, 3.05) is 13.1 Å². The molecule has 2 N–H and O–H groups in total. The molecule has 1 aliphatic rings. The van der Waals surface area contributed by atoms with Gasteiger partial charge in [0.25, 0.3) is 0 Å². The third-order valence-electron chi connectivity index (χ3n) is 4.55. The summed E-state index contributed by atoms with van der Waals surface area (Å²) in [6.45, 7) is 0.668. The van der Waals surface area contributed by atoms with E-state index >= 15 is 0 Å². The Bertz CT molecular complexity index is 846. The van der Waals surface area contributed by atoms with Crippen molar-refractivity contribution in [2.24, 2.45) is 0 Å². The van der Waals surface area contributed by atoms with Crippen LogP contribution in [0.5, 0.6) is 0 Å². The zero-order chi connectivity index (χ0) is 18.4. The van der Waals surface area contributed by atoms with Gasteiger partial charge in [-0.15, -0.1) is 11.3 Å². The molecule has 5 nitrogen and oxygen atoms in total. The van der Waals surface area contributed by atoms with E-state index in [1.807, 2.05) is 23.6 Å². The van der Waals surface area contributed by atoms with Crippen LogP contribution in [-0.4, -0.2) is 27.4 Å². The van der Waals surface area contributed by atoms with Gasteiger partial charge in [-0.25, -0.2) is 13.1 Å². The number of nitrogens with one attached hydrogen (secondary N) is 2. The number of rotatable bonds is 8. The van der Waals surface area contributed by atoms with Gasteiger partial charge in [0.05, 0.1) is 4.90 Å². The molecule has 26 heavy (non-hydrogen) atoms. The van der Waals surface area contributed by atoms with Gasteiger partial charge in [-0.05, 0) is 66.8 Å². The zero-order valence-corrected chi connectivity index (χ0v) is 16.3. The van der Waals surface area contributed by atoms with E-state index in [-0.39, 0.29) is 23.8 Å². The van der Waals surface area contributed by atoms with Crippen molar-refractivity contribution < 1.29 is 13.2 Å². The van der Waals surface area contributed by atoms with Crippen LogP contribution in [0.25, 0.3) is 0 Å². The summed E-state index contributed by atoms with van der Waals surface area (Å²) in [5, 5.41) is 4.83. The van der Waals surface area contributed by atoms with Crippen LogP contribution in [-0.2, 0) is 34.1 Å². The quantitative estimate of drug-likeness (QED) is 0.725. The topological polar surface area (TPSA) is 75.3 Å². The number of carbonyl (C=O) groups is 1. The molecule has 0 atom stereocenters. The molecule has 0 aliphatic heterocycles. The summed E-state index contributed by atoms with van der Waals surface area (Å²) in [5.41, 5.74) is 2.38. The average Bonchev–Trinajstić information content (AvgIpc) is 3.14. The molecule has 1 aromatic carbocycles. The van der Waals surface area contributed by atoms with E-state index < -0.39 is 10.0 Å². The van der Waals surface area contributed by atoms with Crippen LogP contribution in [0, 0.1) is 0 Å². The first-order chi connectivity index (χ1) is 12.5. The summed E-state index contributed by atoms with van der Waals surface area (Å²) in [6, 6.07) is 9.37. The largest absolute Gasteiger partial charge is 0.356 e. The summed E-state index contributed by atoms with van der Waals surface area (Å²) in [6.07, 6.45) is 5.16. The first-order valence-corrected chi connectivity index (χ1v) is 11.3. The van der Waals surface area contributed by atoms with Gasteiger partial charge in [0.1, 0.15) is 0 Å². The van der Waals surface area contributed by atoms with Crippen LogP contribution in [0.15, 0.2) is 40.6 Å². The molecular weight excluding hydrogens is 368 g/mol. The number of sulfonamides is 1. The summed E-state index contributed by atoms with van der Waals surface area (Å²) < 4.78 is 27.4. The third kappa shape index (κ3) is 5.16. The van der Waals surface area contributed by atoms with Crippen molar-refractivity contribution in [2.45, 2.75) is 43.4 Å². The van der Waals surface area contributed by atoms with Gasteiger partial charge in [0.2, 0.25) is 15.9 Å². The lowest BCUT2D eigenvalue weighted by Crippen LogP contribution is -2.31. The van der Waals surface area contributed by atoms with Gasteiger partial charge in [0.15, 0.2) is 0 Å². The van der Waals surface area contributed by atoms with Gasteiger partial charge in [-0.2, -0.15) is 0 Å². The number of hydrogen-bond acceptors (Lipinski definition) is 4. The minimum atomic E-state index is -3.57. The fraction of sp³-hybridized carbons (Fsp3) is 0.421. The van der Waals surface area contributed by atoms with Crippen LogP contribution in [0.4, 0.5) is 0 Å². The fourth-order valence-corrected chi connectivity index (χ4v) is 4.92. The van der Waals surface area contributed by atoms with Crippen molar-refractivity contribution >= 4 is 27.3 Å². The van der Waals surface area contributed by atoms with E-state index in [9.17, 15) is 13.2 Å². The Kier molecular flexibility index (Phi) is 6.45. The molecule has 1 aliphatic carbocycles. The normalized spacial score (nSPS) is 14.0. The highest BCUT2D eigenvalue weighted by Gasteiger charge is 2.17. The Hall–Kier alpha value is -1.70. The van der Waals surface area contributed by atoms with Crippen molar-refractivity contribution in [3.05, 3.63) is 51.7 Å². The lowest BCUT2D eigenvalue weighted by atomic mass is 9.92. The summed E-state index contributed by atoms with van der Waals surface area (Å²) in [4.78, 5) is 13.4. The molecule has 3 rings (SSSR count). The zero-order valence-electron chi connectivity index (χ0n) is 14.7. The van der Waals surface area contributed by atoms with E-state index in [2.05, 4.69) is 10.0 Å². The van der Waals surface area contributed by atoms with Crippen molar-refractivity contribution in [3.8, 4) is 0 Å². The first kappa shape index (κ1) is 19.1. The molecule has 0 bridgehead atoms. The van der Waals surface area contributed by atoms with Crippen LogP contribution in [0.2, 0.25) is 0 Å². The lowest BCUT2D eigenvalue weighted by molar-refractivity contribution is -0.120. The molecule has 0 saturated carbocycles. The van der Waals surface area contributed by atoms with E-state index in [0.717, 1.165) is 31.2 Å². The second kappa shape index (κ2) is 8.79. The third-order valence-corrected chi connectivity index (χ3v) is 6.94. The maximum atomic E-state index is 12.4. The summed E-state index contributed by atoms with van der Waals surface area (Å²) in [5.74, 6) is -0.144. The van der Waals surface area contributed by atoms with E-state index in [1.165, 1.54) is 16.9 Å². The Morgan fingerprint density at radius 3 is 2.65 bits per heavy atom. The number of aryl methyl sites for hydroxylation is 2. The predicted molar refractivity (Wildman–Crippen MR) is 104 cm³/mol. The summed E-state index contributed by atoms with van der Waals surface area (Å²) >= 11 is 1.66. The van der Waals surface area contributed by atoms with Crippen molar-refractivity contribution in [1.29, 1.82) is 0 Å². The maximum Gasteiger partial charge on any atom is 0.240 e. The SMILES string of the molecule is O=C(CCNS(=O)(=O)c1ccc2c(c1)CCCC2)NCCc1cccs1. The van der Waals surface area contributed by atoms with Crippen molar-refractivity contribution in [3.63, 3.8) is 0 Å². The van der Waals surface area contributed by atoms with Crippen LogP contribution in [0.3, 0.4) is 0 Å². The van der Waals surface area contributed by atoms with E-state index in [1.54, 1.807) is 23.5 Å². The maximum absolute atomic E-state index is 12.4. The molecule has 0 fully saturated rings. The van der Waals surface area contributed by atoms with Crippen LogP contribution in [0.1, 0.15) is 35.3 Å². The Morgan fingerprint density at radius 1 is 1.08 bits per heavy atom. The lowest BCUT2D eigenvalue weighted by Gasteiger charge is -2.16. The van der Waals surface area contributed by atoms with E-state index in [4.69, 9.17) is 0 Å². The molecule has 0 unspecified atom stereocenters. The van der Waals surface area contributed by atoms with Gasteiger partial charge in [-0.1, -0.05) is 12.1 Å². The van der Waals surface area contributed by atoms with Crippen molar-refractivity contribution in [1.82, 2.24) is 10.0 Å². The molecule has 7 heteroatoms. The van der Waals surface area contributed by atoms with Gasteiger partial charge < -0.3 is 5.32 Å². The molecule has 2 aromatic rings. The number of amides is 1. The highest BCUT2D eigenvalue weighted by Crippen LogP contribution is 2.24. The minimum Gasteiger partial charge on any atom is -0.356 e. The Balaban J connectivity index is 1.45. The molecule has 0 saturated heterocycles. The second-order valence-corrected chi connectivity index (χ2v) is 9.26. The standard InChI is InChI=1S/C19H24N2O3S2/c22-19(20-11-9-17-6-3-13-25-17)10-12-21-26(23,24)18-8-7-15-4-1-2-5-16(15)14-18/h3,6-8,13-14,21H,1-2,4-5,9-12H2,(H,20,22). The number of thiophene rings is 1.